The Kier molecular flexibility index (Phi) is 5.68. The number of carbonyl (C=O) groups is 1. The number of nitrogens with two attached hydrogens (primary N) is 1. The minimum Gasteiger partial charge on any atom is -0.330 e. The Morgan fingerprint density at radius 3 is 2.95 bits per heavy atom. The lowest BCUT2D eigenvalue weighted by Crippen LogP contribution is -2.26. The number of nitrogens with one attached hydrogen (secondary N) is 1. The number of nitrogens with zero attached hydrogens (tertiary/aromatic N) is 1. The number of hydrogen-bond acceptors (Lipinski definition) is 5. The van der Waals surface area contributed by atoms with Gasteiger partial charge in [0.1, 0.15) is 0 Å². The van der Waals surface area contributed by atoms with Crippen LogP contribution >= 0.6 is 23.1 Å². The number of carbonyl (C=O) groups excluding carboxylic acids is 1. The van der Waals surface area contributed by atoms with E-state index in [4.69, 9.17) is 5.73 Å². The minimum atomic E-state index is 0.0203. The molecule has 21 heavy (non-hydrogen) atoms. The Bertz CT molecular complexity index is 494. The first-order valence-corrected chi connectivity index (χ1v) is 9.43. The molecule has 118 valence electrons. The fourth-order valence-corrected chi connectivity index (χ4v) is 4.24. The largest absolute Gasteiger partial charge is 0.330 e. The molecule has 0 bridgehead atoms. The summed E-state index contributed by atoms with van der Waals surface area (Å²) >= 11 is 3.20. The van der Waals surface area contributed by atoms with E-state index < -0.39 is 0 Å². The summed E-state index contributed by atoms with van der Waals surface area (Å²) < 4.78 is 0. The second kappa shape index (κ2) is 7.11. The van der Waals surface area contributed by atoms with Crippen LogP contribution < -0.4 is 11.1 Å². The van der Waals surface area contributed by atoms with Crippen LogP contribution in [-0.4, -0.2) is 28.9 Å². The van der Waals surface area contributed by atoms with Crippen molar-refractivity contribution in [3.05, 3.63) is 10.6 Å². The van der Waals surface area contributed by atoms with Crippen molar-refractivity contribution in [1.82, 2.24) is 4.98 Å². The van der Waals surface area contributed by atoms with E-state index in [-0.39, 0.29) is 5.91 Å². The van der Waals surface area contributed by atoms with Crippen LogP contribution in [-0.2, 0) is 17.6 Å². The Hall–Kier alpha value is -0.590. The monoisotopic (exact) mass is 327 g/mol. The Balaban J connectivity index is 1.94. The fourth-order valence-electron chi connectivity index (χ4n) is 2.57. The molecule has 1 atom stereocenters. The van der Waals surface area contributed by atoms with E-state index in [2.05, 4.69) is 31.1 Å². The lowest BCUT2D eigenvalue weighted by molar-refractivity contribution is -0.113. The number of amides is 1. The van der Waals surface area contributed by atoms with Crippen molar-refractivity contribution in [3.63, 3.8) is 0 Å². The molecule has 1 heterocycles. The Labute approximate surface area is 135 Å². The van der Waals surface area contributed by atoms with Crippen LogP contribution in [0, 0.1) is 11.3 Å². The van der Waals surface area contributed by atoms with Gasteiger partial charge >= 0.3 is 0 Å². The molecule has 2 rings (SSSR count). The normalized spacial score (nSPS) is 18.4. The second-order valence-electron chi connectivity index (χ2n) is 6.58. The SMILES string of the molecule is CC(C)(C)C1CCc2nc(NC(=O)CSCCN)sc2C1. The van der Waals surface area contributed by atoms with Gasteiger partial charge < -0.3 is 11.1 Å². The van der Waals surface area contributed by atoms with E-state index in [0.717, 1.165) is 23.7 Å². The van der Waals surface area contributed by atoms with Gasteiger partial charge in [-0.15, -0.1) is 11.3 Å². The molecular weight excluding hydrogens is 302 g/mol. The molecule has 1 aromatic heterocycles. The zero-order chi connectivity index (χ0) is 15.5. The van der Waals surface area contributed by atoms with E-state index >= 15 is 0 Å². The third-order valence-electron chi connectivity index (χ3n) is 3.91. The fraction of sp³-hybridized carbons (Fsp3) is 0.733. The molecule has 0 saturated carbocycles. The molecule has 0 aliphatic heterocycles. The highest BCUT2D eigenvalue weighted by atomic mass is 32.2. The first kappa shape index (κ1) is 16.8. The summed E-state index contributed by atoms with van der Waals surface area (Å²) in [7, 11) is 0. The van der Waals surface area contributed by atoms with Gasteiger partial charge in [-0.2, -0.15) is 11.8 Å². The molecule has 0 fully saturated rings. The number of rotatable bonds is 5. The van der Waals surface area contributed by atoms with Gasteiger partial charge in [-0.3, -0.25) is 4.79 Å². The third kappa shape index (κ3) is 4.69. The highest BCUT2D eigenvalue weighted by Gasteiger charge is 2.30. The van der Waals surface area contributed by atoms with Gasteiger partial charge in [-0.1, -0.05) is 20.8 Å². The van der Waals surface area contributed by atoms with Gasteiger partial charge in [-0.25, -0.2) is 4.98 Å². The molecule has 6 heteroatoms. The molecule has 0 spiro atoms. The molecule has 1 aliphatic rings. The summed E-state index contributed by atoms with van der Waals surface area (Å²) in [5.41, 5.74) is 6.94. The van der Waals surface area contributed by atoms with Crippen LogP contribution in [0.3, 0.4) is 0 Å². The lowest BCUT2D eigenvalue weighted by Gasteiger charge is -2.33. The van der Waals surface area contributed by atoms with E-state index in [1.54, 1.807) is 23.1 Å². The smallest absolute Gasteiger partial charge is 0.236 e. The van der Waals surface area contributed by atoms with Crippen molar-refractivity contribution in [2.75, 3.05) is 23.4 Å². The van der Waals surface area contributed by atoms with Crippen molar-refractivity contribution in [3.8, 4) is 0 Å². The van der Waals surface area contributed by atoms with Crippen LogP contribution in [0.15, 0.2) is 0 Å². The van der Waals surface area contributed by atoms with Gasteiger partial charge in [0, 0.05) is 17.2 Å². The molecule has 3 N–H and O–H groups in total. The van der Waals surface area contributed by atoms with Crippen molar-refractivity contribution in [1.29, 1.82) is 0 Å². The zero-order valence-electron chi connectivity index (χ0n) is 13.1. The summed E-state index contributed by atoms with van der Waals surface area (Å²) in [5.74, 6) is 1.99. The maximum atomic E-state index is 11.8. The molecule has 1 unspecified atom stereocenters. The first-order chi connectivity index (χ1) is 9.90. The number of aromatic nitrogens is 1. The lowest BCUT2D eigenvalue weighted by atomic mass is 9.73. The third-order valence-corrected chi connectivity index (χ3v) is 5.93. The minimum absolute atomic E-state index is 0.0203. The van der Waals surface area contributed by atoms with E-state index in [0.29, 0.717) is 23.6 Å². The molecule has 1 aliphatic carbocycles. The number of fused-ring (bicyclic) bond motifs is 1. The van der Waals surface area contributed by atoms with Gasteiger partial charge in [0.25, 0.3) is 0 Å². The summed E-state index contributed by atoms with van der Waals surface area (Å²) in [6, 6.07) is 0. The molecule has 0 aromatic carbocycles. The molecule has 1 amide bonds. The number of thiazole rings is 1. The summed E-state index contributed by atoms with van der Waals surface area (Å²) in [4.78, 5) is 17.8. The molecule has 1 aromatic rings. The second-order valence-corrected chi connectivity index (χ2v) is 8.77. The summed E-state index contributed by atoms with van der Waals surface area (Å²) in [6.07, 6.45) is 3.32. The van der Waals surface area contributed by atoms with Gasteiger partial charge in [-0.05, 0) is 30.6 Å². The van der Waals surface area contributed by atoms with E-state index in [1.807, 2.05) is 0 Å². The molecule has 4 nitrogen and oxygen atoms in total. The van der Waals surface area contributed by atoms with Crippen molar-refractivity contribution < 1.29 is 4.79 Å². The first-order valence-electron chi connectivity index (χ1n) is 7.46. The van der Waals surface area contributed by atoms with Crippen LogP contribution in [0.4, 0.5) is 5.13 Å². The average molecular weight is 328 g/mol. The van der Waals surface area contributed by atoms with Crippen molar-refractivity contribution in [2.45, 2.75) is 40.0 Å². The Morgan fingerprint density at radius 1 is 1.52 bits per heavy atom. The van der Waals surface area contributed by atoms with Gasteiger partial charge in [0.2, 0.25) is 5.91 Å². The predicted molar refractivity (Wildman–Crippen MR) is 92.1 cm³/mol. The number of thioether (sulfide) groups is 1. The molecular formula is C15H25N3OS2. The van der Waals surface area contributed by atoms with Crippen LogP contribution in [0.1, 0.15) is 37.8 Å². The zero-order valence-corrected chi connectivity index (χ0v) is 14.7. The average Bonchev–Trinajstić information content (AvgIpc) is 2.78. The van der Waals surface area contributed by atoms with E-state index in [9.17, 15) is 4.79 Å². The highest BCUT2D eigenvalue weighted by Crippen LogP contribution is 2.40. The molecule has 0 radical (unpaired) electrons. The number of anilines is 1. The summed E-state index contributed by atoms with van der Waals surface area (Å²) in [6.45, 7) is 7.53. The number of hydrogen-bond donors (Lipinski definition) is 2. The van der Waals surface area contributed by atoms with Crippen molar-refractivity contribution in [2.24, 2.45) is 17.1 Å². The van der Waals surface area contributed by atoms with Crippen LogP contribution in [0.2, 0.25) is 0 Å². The van der Waals surface area contributed by atoms with Crippen LogP contribution in [0.5, 0.6) is 0 Å². The van der Waals surface area contributed by atoms with E-state index in [1.165, 1.54) is 17.0 Å². The maximum Gasteiger partial charge on any atom is 0.236 e. The summed E-state index contributed by atoms with van der Waals surface area (Å²) in [5, 5.41) is 3.68. The standard InChI is InChI=1S/C15H25N3OS2/c1-15(2,3)10-4-5-11-12(8-10)21-14(17-11)18-13(19)9-20-7-6-16/h10H,4-9,16H2,1-3H3,(H,17,18,19). The Morgan fingerprint density at radius 2 is 2.29 bits per heavy atom. The quantitative estimate of drug-likeness (QED) is 0.816. The predicted octanol–water partition coefficient (Wildman–Crippen LogP) is 2.92. The van der Waals surface area contributed by atoms with Gasteiger partial charge in [0.15, 0.2) is 5.13 Å². The number of aryl methyl sites for hydroxylation is 1. The highest BCUT2D eigenvalue weighted by molar-refractivity contribution is 7.99. The topological polar surface area (TPSA) is 68.0 Å². The maximum absolute atomic E-state index is 11.8. The molecule has 0 saturated heterocycles. The van der Waals surface area contributed by atoms with Crippen molar-refractivity contribution >= 4 is 34.1 Å². The van der Waals surface area contributed by atoms with Crippen LogP contribution in [0.25, 0.3) is 0 Å². The van der Waals surface area contributed by atoms with Gasteiger partial charge in [0.05, 0.1) is 11.4 Å².